The van der Waals surface area contributed by atoms with Crippen LogP contribution in [0.4, 0.5) is 0 Å². The lowest BCUT2D eigenvalue weighted by atomic mass is 10.5. The fraction of sp³-hybridized carbons (Fsp3) is 0.333. The zero-order chi connectivity index (χ0) is 7.56. The van der Waals surface area contributed by atoms with Crippen molar-refractivity contribution in [3.63, 3.8) is 0 Å². The van der Waals surface area contributed by atoms with Crippen molar-refractivity contribution in [1.82, 2.24) is 4.98 Å². The van der Waals surface area contributed by atoms with Crippen molar-refractivity contribution in [3.05, 3.63) is 16.3 Å². The molecular formula is C6H5BrN2O. The van der Waals surface area contributed by atoms with E-state index in [-0.39, 0.29) is 0 Å². The van der Waals surface area contributed by atoms with E-state index in [4.69, 9.17) is 9.68 Å². The molecule has 52 valence electrons. The molecule has 1 aromatic rings. The Bertz CT molecular complexity index is 274. The molecule has 1 heterocycles. The van der Waals surface area contributed by atoms with Crippen molar-refractivity contribution in [1.29, 1.82) is 5.26 Å². The summed E-state index contributed by atoms with van der Waals surface area (Å²) >= 11 is 3.07. The summed E-state index contributed by atoms with van der Waals surface area (Å²) < 4.78 is 5.46. The van der Waals surface area contributed by atoms with Gasteiger partial charge in [-0.2, -0.15) is 5.26 Å². The predicted octanol–water partition coefficient (Wildman–Crippen LogP) is 1.87. The quantitative estimate of drug-likeness (QED) is 0.696. The van der Waals surface area contributed by atoms with E-state index < -0.39 is 0 Å². The highest BCUT2D eigenvalue weighted by Crippen LogP contribution is 2.16. The van der Waals surface area contributed by atoms with Gasteiger partial charge in [0.1, 0.15) is 6.07 Å². The first-order chi connectivity index (χ1) is 4.77. The smallest absolute Gasteiger partial charge is 0.207 e. The largest absolute Gasteiger partial charge is 0.433 e. The van der Waals surface area contributed by atoms with E-state index in [1.54, 1.807) is 0 Å². The van der Waals surface area contributed by atoms with Crippen LogP contribution in [0, 0.1) is 11.3 Å². The number of aryl methyl sites for hydroxylation is 1. The molecule has 0 aliphatic carbocycles. The number of nitriles is 1. The highest BCUT2D eigenvalue weighted by atomic mass is 79.9. The van der Waals surface area contributed by atoms with Gasteiger partial charge in [0.15, 0.2) is 11.6 Å². The number of rotatable bonds is 1. The van der Waals surface area contributed by atoms with E-state index in [0.29, 0.717) is 22.7 Å². The summed E-state index contributed by atoms with van der Waals surface area (Å²) in [6.07, 6.45) is 0.709. The van der Waals surface area contributed by atoms with Crippen molar-refractivity contribution >= 4 is 15.9 Å². The zero-order valence-corrected chi connectivity index (χ0v) is 6.97. The van der Waals surface area contributed by atoms with Gasteiger partial charge in [-0.05, 0) is 15.9 Å². The van der Waals surface area contributed by atoms with Gasteiger partial charge in [0.25, 0.3) is 0 Å². The molecule has 3 nitrogen and oxygen atoms in total. The molecule has 0 saturated carbocycles. The topological polar surface area (TPSA) is 49.8 Å². The van der Waals surface area contributed by atoms with Crippen LogP contribution in [0.3, 0.4) is 0 Å². The van der Waals surface area contributed by atoms with Crippen LogP contribution >= 0.6 is 15.9 Å². The zero-order valence-electron chi connectivity index (χ0n) is 5.39. The van der Waals surface area contributed by atoms with E-state index in [0.717, 1.165) is 0 Å². The van der Waals surface area contributed by atoms with Gasteiger partial charge in [-0.15, -0.1) is 0 Å². The second kappa shape index (κ2) is 2.84. The lowest BCUT2D eigenvalue weighted by Gasteiger charge is -1.79. The maximum Gasteiger partial charge on any atom is 0.207 e. The highest BCUT2D eigenvalue weighted by Gasteiger charge is 2.07. The highest BCUT2D eigenvalue weighted by molar-refractivity contribution is 9.10. The number of hydrogen-bond acceptors (Lipinski definition) is 3. The maximum atomic E-state index is 8.42. The summed E-state index contributed by atoms with van der Waals surface area (Å²) in [6, 6.07) is 1.90. The fourth-order valence-electron chi connectivity index (χ4n) is 0.563. The average Bonchev–Trinajstić information content (AvgIpc) is 2.30. The van der Waals surface area contributed by atoms with Crippen LogP contribution < -0.4 is 0 Å². The SMILES string of the molecule is CCc1nc(C#N)c(Br)o1. The molecule has 0 atom stereocenters. The van der Waals surface area contributed by atoms with Crippen LogP contribution in [0.2, 0.25) is 0 Å². The first kappa shape index (κ1) is 7.29. The molecule has 0 aliphatic rings. The summed E-state index contributed by atoms with van der Waals surface area (Å²) in [5, 5.41) is 8.42. The number of halogens is 1. The van der Waals surface area contributed by atoms with E-state index in [2.05, 4.69) is 20.9 Å². The van der Waals surface area contributed by atoms with Crippen LogP contribution in [0.1, 0.15) is 18.5 Å². The Morgan fingerprint density at radius 1 is 1.80 bits per heavy atom. The summed E-state index contributed by atoms with van der Waals surface area (Å²) in [6.45, 7) is 1.92. The minimum atomic E-state index is 0.317. The third-order valence-electron chi connectivity index (χ3n) is 1.04. The number of aromatic nitrogens is 1. The minimum Gasteiger partial charge on any atom is -0.433 e. The normalized spacial score (nSPS) is 9.30. The Kier molecular flexibility index (Phi) is 2.07. The van der Waals surface area contributed by atoms with Crippen LogP contribution in [-0.2, 0) is 6.42 Å². The van der Waals surface area contributed by atoms with E-state index in [9.17, 15) is 0 Å². The van der Waals surface area contributed by atoms with Crippen molar-refractivity contribution in [2.75, 3.05) is 0 Å². The molecule has 0 fully saturated rings. The van der Waals surface area contributed by atoms with E-state index in [1.807, 2.05) is 13.0 Å². The second-order valence-electron chi connectivity index (χ2n) is 1.70. The maximum absolute atomic E-state index is 8.42. The molecule has 4 heteroatoms. The Balaban J connectivity index is 3.07. The van der Waals surface area contributed by atoms with E-state index in [1.165, 1.54) is 0 Å². The Morgan fingerprint density at radius 3 is 2.80 bits per heavy atom. The van der Waals surface area contributed by atoms with Gasteiger partial charge < -0.3 is 4.42 Å². The third kappa shape index (κ3) is 1.19. The Hall–Kier alpha value is -0.820. The second-order valence-corrected chi connectivity index (χ2v) is 2.42. The monoisotopic (exact) mass is 200 g/mol. The fourth-order valence-corrected chi connectivity index (χ4v) is 0.928. The van der Waals surface area contributed by atoms with Crippen molar-refractivity contribution in [3.8, 4) is 6.07 Å². The summed E-state index contributed by atoms with van der Waals surface area (Å²) in [4.78, 5) is 3.87. The molecule has 0 saturated heterocycles. The van der Waals surface area contributed by atoms with Crippen LogP contribution in [-0.4, -0.2) is 4.98 Å². The standard InChI is InChI=1S/C6H5BrN2O/c1-2-5-9-4(3-8)6(7)10-5/h2H2,1H3. The molecule has 0 N–H and O–H groups in total. The molecule has 0 radical (unpaired) electrons. The van der Waals surface area contributed by atoms with Crippen LogP contribution in [0.15, 0.2) is 9.09 Å². The predicted molar refractivity (Wildman–Crippen MR) is 38.3 cm³/mol. The van der Waals surface area contributed by atoms with Crippen LogP contribution in [0.5, 0.6) is 0 Å². The first-order valence-corrected chi connectivity index (χ1v) is 3.62. The molecule has 1 aromatic heterocycles. The minimum absolute atomic E-state index is 0.317. The Labute approximate surface area is 66.8 Å². The molecule has 0 amide bonds. The molecule has 0 unspecified atom stereocenters. The lowest BCUT2D eigenvalue weighted by Crippen LogP contribution is -1.78. The molecule has 10 heavy (non-hydrogen) atoms. The van der Waals surface area contributed by atoms with Gasteiger partial charge in [0, 0.05) is 6.42 Å². The number of oxazole rings is 1. The van der Waals surface area contributed by atoms with Crippen molar-refractivity contribution in [2.24, 2.45) is 0 Å². The van der Waals surface area contributed by atoms with Gasteiger partial charge in [0.05, 0.1) is 0 Å². The van der Waals surface area contributed by atoms with E-state index >= 15 is 0 Å². The molecule has 0 aromatic carbocycles. The lowest BCUT2D eigenvalue weighted by molar-refractivity contribution is 0.481. The number of nitrogens with zero attached hydrogens (tertiary/aromatic N) is 2. The molecule has 0 aliphatic heterocycles. The van der Waals surface area contributed by atoms with Gasteiger partial charge in [0.2, 0.25) is 4.67 Å². The summed E-state index contributed by atoms with van der Waals surface area (Å²) in [7, 11) is 0. The number of hydrogen-bond donors (Lipinski definition) is 0. The van der Waals surface area contributed by atoms with Gasteiger partial charge in [-0.3, -0.25) is 0 Å². The summed E-state index contributed by atoms with van der Waals surface area (Å²) in [5.41, 5.74) is 0.317. The van der Waals surface area contributed by atoms with Crippen LogP contribution in [0.25, 0.3) is 0 Å². The van der Waals surface area contributed by atoms with Crippen molar-refractivity contribution in [2.45, 2.75) is 13.3 Å². The van der Waals surface area contributed by atoms with Crippen molar-refractivity contribution < 1.29 is 4.42 Å². The molecule has 0 bridgehead atoms. The van der Waals surface area contributed by atoms with Gasteiger partial charge >= 0.3 is 0 Å². The van der Waals surface area contributed by atoms with Gasteiger partial charge in [-0.1, -0.05) is 6.92 Å². The van der Waals surface area contributed by atoms with Gasteiger partial charge in [-0.25, -0.2) is 4.98 Å². The molecule has 1 rings (SSSR count). The average molecular weight is 201 g/mol. The Morgan fingerprint density at radius 2 is 2.50 bits per heavy atom. The third-order valence-corrected chi connectivity index (χ3v) is 1.58. The molecule has 0 spiro atoms. The summed E-state index contributed by atoms with van der Waals surface area (Å²) in [5.74, 6) is 0.587. The molecular weight excluding hydrogens is 196 g/mol. The first-order valence-electron chi connectivity index (χ1n) is 2.83.